The minimum atomic E-state index is -1.04. The number of hydrogen-bond acceptors (Lipinski definition) is 3. The van der Waals surface area contributed by atoms with Crippen LogP contribution in [0, 0.1) is 0 Å². The van der Waals surface area contributed by atoms with Gasteiger partial charge in [0.05, 0.1) is 12.2 Å². The number of anilines is 1. The van der Waals surface area contributed by atoms with Crippen LogP contribution in [0.5, 0.6) is 0 Å². The van der Waals surface area contributed by atoms with Crippen LogP contribution in [-0.2, 0) is 10.8 Å². The molecule has 2 unspecified atom stereocenters. The largest absolute Gasteiger partial charge is 0.307 e. The zero-order valence-electron chi connectivity index (χ0n) is 12.4. The lowest BCUT2D eigenvalue weighted by atomic mass is 10.2. The van der Waals surface area contributed by atoms with Gasteiger partial charge >= 0.3 is 0 Å². The minimum Gasteiger partial charge on any atom is -0.307 e. The Labute approximate surface area is 126 Å². The molecule has 0 aliphatic heterocycles. The summed E-state index contributed by atoms with van der Waals surface area (Å²) < 4.78 is 13.1. The maximum Gasteiger partial charge on any atom is 0.256 e. The van der Waals surface area contributed by atoms with E-state index in [1.165, 1.54) is 0 Å². The first-order valence-electron chi connectivity index (χ1n) is 6.81. The second-order valence-electron chi connectivity index (χ2n) is 4.85. The summed E-state index contributed by atoms with van der Waals surface area (Å²) in [4.78, 5) is 12.9. The van der Waals surface area contributed by atoms with E-state index in [1.807, 2.05) is 6.92 Å². The number of benzene rings is 1. The molecule has 112 valence electrons. The summed E-state index contributed by atoms with van der Waals surface area (Å²) in [6, 6.07) is 8.76. The molecule has 0 saturated heterocycles. The van der Waals surface area contributed by atoms with Crippen molar-refractivity contribution in [1.29, 1.82) is 0 Å². The van der Waals surface area contributed by atoms with Gasteiger partial charge in [0.2, 0.25) is 0 Å². The Kier molecular flexibility index (Phi) is 4.90. The molecule has 0 fully saturated rings. The second kappa shape index (κ2) is 6.67. The molecule has 1 N–H and O–H groups in total. The number of carbonyl (C=O) groups is 1. The summed E-state index contributed by atoms with van der Waals surface area (Å²) in [6.45, 7) is 4.12. The summed E-state index contributed by atoms with van der Waals surface area (Å²) in [6.07, 6.45) is 4.21. The molecule has 0 aliphatic carbocycles. The first-order valence-corrected chi connectivity index (χ1v) is 8.37. The van der Waals surface area contributed by atoms with E-state index in [4.69, 9.17) is 0 Å². The van der Waals surface area contributed by atoms with Crippen LogP contribution in [0.25, 0.3) is 0 Å². The van der Waals surface area contributed by atoms with Crippen molar-refractivity contribution in [3.63, 3.8) is 0 Å². The van der Waals surface area contributed by atoms with E-state index in [1.54, 1.807) is 47.5 Å². The average Bonchev–Trinajstić information content (AvgIpc) is 2.94. The molecule has 0 saturated carbocycles. The van der Waals surface area contributed by atoms with Crippen LogP contribution in [0.1, 0.15) is 36.7 Å². The van der Waals surface area contributed by atoms with Crippen molar-refractivity contribution in [3.05, 3.63) is 42.1 Å². The summed E-state index contributed by atoms with van der Waals surface area (Å²) in [5.41, 5.74) is 0.529. The lowest BCUT2D eigenvalue weighted by molar-refractivity contribution is 0.102. The maximum absolute atomic E-state index is 12.2. The summed E-state index contributed by atoms with van der Waals surface area (Å²) in [5.74, 6) is 0.478. The van der Waals surface area contributed by atoms with Crippen LogP contribution in [0.3, 0.4) is 0 Å². The van der Waals surface area contributed by atoms with E-state index < -0.39 is 10.8 Å². The van der Waals surface area contributed by atoms with Crippen LogP contribution < -0.4 is 5.32 Å². The lowest BCUT2D eigenvalue weighted by Gasteiger charge is -2.14. The van der Waals surface area contributed by atoms with Gasteiger partial charge < -0.3 is 5.32 Å². The van der Waals surface area contributed by atoms with Gasteiger partial charge in [-0.2, -0.15) is 5.10 Å². The Morgan fingerprint density at radius 1 is 1.33 bits per heavy atom. The molecule has 1 aromatic heterocycles. The zero-order chi connectivity index (χ0) is 15.4. The minimum absolute atomic E-state index is 0.200. The quantitative estimate of drug-likeness (QED) is 0.924. The average molecular weight is 305 g/mol. The van der Waals surface area contributed by atoms with E-state index in [0.29, 0.717) is 16.3 Å². The molecule has 1 heterocycles. The van der Waals surface area contributed by atoms with Crippen LogP contribution >= 0.6 is 0 Å². The molecule has 1 aromatic carbocycles. The van der Waals surface area contributed by atoms with Crippen LogP contribution in [-0.4, -0.2) is 26.2 Å². The fraction of sp³-hybridized carbons (Fsp3) is 0.333. The summed E-state index contributed by atoms with van der Waals surface area (Å²) in [5, 5.41) is 7.09. The molecule has 6 heteroatoms. The van der Waals surface area contributed by atoms with Gasteiger partial charge in [-0.25, -0.2) is 4.68 Å². The highest BCUT2D eigenvalue weighted by Gasteiger charge is 2.12. The molecule has 0 bridgehead atoms. The SMILES string of the molecule is CCC(C)n1nccc1NC(=O)c1ccc(S(C)=O)cc1. The van der Waals surface area contributed by atoms with Gasteiger partial charge in [0.25, 0.3) is 5.91 Å². The molecule has 1 amide bonds. The normalized spacial score (nSPS) is 13.7. The van der Waals surface area contributed by atoms with E-state index >= 15 is 0 Å². The predicted molar refractivity (Wildman–Crippen MR) is 84.0 cm³/mol. The van der Waals surface area contributed by atoms with Crippen molar-refractivity contribution in [2.75, 3.05) is 11.6 Å². The second-order valence-corrected chi connectivity index (χ2v) is 6.23. The molecule has 0 spiro atoms. The zero-order valence-corrected chi connectivity index (χ0v) is 13.2. The third-order valence-corrected chi connectivity index (χ3v) is 4.30. The van der Waals surface area contributed by atoms with Crippen molar-refractivity contribution in [2.45, 2.75) is 31.2 Å². The van der Waals surface area contributed by atoms with Gasteiger partial charge in [0, 0.05) is 33.6 Å². The predicted octanol–water partition coefficient (Wildman–Crippen LogP) is 2.84. The number of amides is 1. The third-order valence-electron chi connectivity index (χ3n) is 3.37. The van der Waals surface area contributed by atoms with Crippen molar-refractivity contribution in [3.8, 4) is 0 Å². The highest BCUT2D eigenvalue weighted by atomic mass is 32.2. The highest BCUT2D eigenvalue weighted by Crippen LogP contribution is 2.17. The van der Waals surface area contributed by atoms with Crippen molar-refractivity contribution in [1.82, 2.24) is 9.78 Å². The van der Waals surface area contributed by atoms with Crippen LogP contribution in [0.2, 0.25) is 0 Å². The molecule has 21 heavy (non-hydrogen) atoms. The molecular weight excluding hydrogens is 286 g/mol. The number of nitrogens with zero attached hydrogens (tertiary/aromatic N) is 2. The Bertz CT molecular complexity index is 649. The van der Waals surface area contributed by atoms with Crippen molar-refractivity contribution >= 4 is 22.5 Å². The van der Waals surface area contributed by atoms with E-state index in [9.17, 15) is 9.00 Å². The number of hydrogen-bond donors (Lipinski definition) is 1. The molecule has 5 nitrogen and oxygen atoms in total. The fourth-order valence-electron chi connectivity index (χ4n) is 1.92. The molecule has 2 rings (SSSR count). The number of nitrogens with one attached hydrogen (secondary N) is 1. The van der Waals surface area contributed by atoms with E-state index in [-0.39, 0.29) is 11.9 Å². The van der Waals surface area contributed by atoms with Gasteiger partial charge in [-0.05, 0) is 37.6 Å². The molecule has 0 radical (unpaired) electrons. The fourth-order valence-corrected chi connectivity index (χ4v) is 2.44. The number of aromatic nitrogens is 2. The first kappa shape index (κ1) is 15.4. The smallest absolute Gasteiger partial charge is 0.256 e. The Morgan fingerprint density at radius 3 is 2.57 bits per heavy atom. The van der Waals surface area contributed by atoms with Crippen LogP contribution in [0.4, 0.5) is 5.82 Å². The van der Waals surface area contributed by atoms with Crippen molar-refractivity contribution < 1.29 is 9.00 Å². The molecule has 0 aliphatic rings. The topological polar surface area (TPSA) is 64.0 Å². The monoisotopic (exact) mass is 305 g/mol. The van der Waals surface area contributed by atoms with Crippen LogP contribution in [0.15, 0.2) is 41.4 Å². The van der Waals surface area contributed by atoms with Gasteiger partial charge in [0.15, 0.2) is 0 Å². The van der Waals surface area contributed by atoms with Gasteiger partial charge in [-0.15, -0.1) is 0 Å². The summed E-state index contributed by atoms with van der Waals surface area (Å²) in [7, 11) is -1.04. The lowest BCUT2D eigenvalue weighted by Crippen LogP contribution is -2.17. The third kappa shape index (κ3) is 3.58. The van der Waals surface area contributed by atoms with Gasteiger partial charge in [-0.1, -0.05) is 6.92 Å². The molecule has 2 atom stereocenters. The Hall–Kier alpha value is -1.95. The van der Waals surface area contributed by atoms with Crippen molar-refractivity contribution in [2.24, 2.45) is 0 Å². The van der Waals surface area contributed by atoms with Gasteiger partial charge in [0.1, 0.15) is 5.82 Å². The Morgan fingerprint density at radius 2 is 2.00 bits per heavy atom. The van der Waals surface area contributed by atoms with E-state index in [0.717, 1.165) is 6.42 Å². The maximum atomic E-state index is 12.2. The van der Waals surface area contributed by atoms with E-state index in [2.05, 4.69) is 17.3 Å². The first-order chi connectivity index (χ1) is 10.0. The Balaban J connectivity index is 2.15. The summed E-state index contributed by atoms with van der Waals surface area (Å²) >= 11 is 0. The van der Waals surface area contributed by atoms with Gasteiger partial charge in [-0.3, -0.25) is 9.00 Å². The number of rotatable bonds is 5. The standard InChI is InChI=1S/C15H19N3O2S/c1-4-11(2)18-14(9-10-16-18)17-15(19)12-5-7-13(8-6-12)21(3)20/h5-11H,4H2,1-3H3,(H,17,19). The molecule has 2 aromatic rings. The number of carbonyl (C=O) groups excluding carboxylic acids is 1. The molecular formula is C15H19N3O2S. The highest BCUT2D eigenvalue weighted by molar-refractivity contribution is 7.84.